The highest BCUT2D eigenvalue weighted by atomic mass is 35.5. The lowest BCUT2D eigenvalue weighted by Gasteiger charge is -2.37. The fourth-order valence-electron chi connectivity index (χ4n) is 4.05. The number of piperidine rings is 1. The number of anilines is 1. The van der Waals surface area contributed by atoms with Crippen molar-refractivity contribution < 1.29 is 19.1 Å². The molecule has 1 unspecified atom stereocenters. The van der Waals surface area contributed by atoms with Gasteiger partial charge in [0.15, 0.2) is 5.60 Å². The molecular formula is C24H27ClN2O4. The number of amides is 2. The quantitative estimate of drug-likeness (QED) is 0.730. The van der Waals surface area contributed by atoms with Gasteiger partial charge in [-0.2, -0.15) is 0 Å². The fourth-order valence-corrected chi connectivity index (χ4v) is 4.18. The Morgan fingerprint density at radius 3 is 2.71 bits per heavy atom. The van der Waals surface area contributed by atoms with Crippen molar-refractivity contribution in [1.29, 1.82) is 0 Å². The number of benzene rings is 2. The molecule has 1 atom stereocenters. The minimum absolute atomic E-state index is 0.0350. The van der Waals surface area contributed by atoms with Crippen LogP contribution >= 0.6 is 11.6 Å². The van der Waals surface area contributed by atoms with Gasteiger partial charge in [0.2, 0.25) is 0 Å². The van der Waals surface area contributed by atoms with Gasteiger partial charge in [0, 0.05) is 29.7 Å². The third-order valence-electron chi connectivity index (χ3n) is 5.80. The molecule has 164 valence electrons. The van der Waals surface area contributed by atoms with Crippen molar-refractivity contribution in [2.45, 2.75) is 51.2 Å². The molecular weight excluding hydrogens is 416 g/mol. The molecule has 7 heteroatoms. The lowest BCUT2D eigenvalue weighted by Crippen LogP contribution is -2.45. The molecule has 2 amide bonds. The van der Waals surface area contributed by atoms with E-state index in [-0.39, 0.29) is 17.9 Å². The van der Waals surface area contributed by atoms with Crippen LogP contribution in [0.25, 0.3) is 0 Å². The summed E-state index contributed by atoms with van der Waals surface area (Å²) in [5.41, 5.74) is -0.111. The first kappa shape index (κ1) is 21.5. The molecule has 1 saturated heterocycles. The number of fused-ring (bicyclic) bond motifs is 2. The Kier molecular flexibility index (Phi) is 6.10. The number of ether oxygens (including phenoxy) is 2. The van der Waals surface area contributed by atoms with Crippen molar-refractivity contribution >= 4 is 29.1 Å². The molecule has 0 spiro atoms. The number of carbonyl (C=O) groups is 2. The maximum absolute atomic E-state index is 13.2. The largest absolute Gasteiger partial charge is 0.493 e. The van der Waals surface area contributed by atoms with Gasteiger partial charge in [-0.15, -0.1) is 0 Å². The van der Waals surface area contributed by atoms with Crippen LogP contribution in [0.4, 0.5) is 5.69 Å². The molecule has 2 aromatic rings. The first-order chi connectivity index (χ1) is 14.8. The summed E-state index contributed by atoms with van der Waals surface area (Å²) in [7, 11) is 0. The van der Waals surface area contributed by atoms with Gasteiger partial charge in [-0.3, -0.25) is 9.59 Å². The van der Waals surface area contributed by atoms with Crippen LogP contribution in [0.3, 0.4) is 0 Å². The van der Waals surface area contributed by atoms with E-state index in [1.165, 1.54) is 0 Å². The minimum Gasteiger partial charge on any atom is -0.493 e. The van der Waals surface area contributed by atoms with Crippen molar-refractivity contribution in [2.75, 3.05) is 18.5 Å². The third-order valence-corrected chi connectivity index (χ3v) is 6.05. The van der Waals surface area contributed by atoms with Crippen LogP contribution in [0.1, 0.15) is 49.9 Å². The second-order valence-electron chi connectivity index (χ2n) is 8.52. The van der Waals surface area contributed by atoms with Crippen LogP contribution < -0.4 is 14.8 Å². The summed E-state index contributed by atoms with van der Waals surface area (Å²) >= 11 is 5.91. The Bertz CT molecular complexity index is 974. The van der Waals surface area contributed by atoms with Gasteiger partial charge in [-0.1, -0.05) is 11.6 Å². The van der Waals surface area contributed by atoms with E-state index in [0.29, 0.717) is 34.4 Å². The fraction of sp³-hybridized carbons (Fsp3) is 0.417. The van der Waals surface area contributed by atoms with Gasteiger partial charge in [-0.25, -0.2) is 0 Å². The van der Waals surface area contributed by atoms with E-state index in [2.05, 4.69) is 5.32 Å². The molecule has 0 saturated carbocycles. The third kappa shape index (κ3) is 4.79. The monoisotopic (exact) mass is 442 g/mol. The highest BCUT2D eigenvalue weighted by Gasteiger charge is 2.33. The molecule has 0 bridgehead atoms. The molecule has 2 aromatic carbocycles. The van der Waals surface area contributed by atoms with Gasteiger partial charge >= 0.3 is 0 Å². The molecule has 0 aromatic heterocycles. The van der Waals surface area contributed by atoms with Crippen LogP contribution in [0.15, 0.2) is 42.5 Å². The maximum atomic E-state index is 13.2. The number of halogens is 1. The Hall–Kier alpha value is -2.73. The zero-order valence-corrected chi connectivity index (χ0v) is 18.6. The number of hydrogen-bond donors (Lipinski definition) is 1. The van der Waals surface area contributed by atoms with Crippen molar-refractivity contribution in [2.24, 2.45) is 0 Å². The molecule has 1 N–H and O–H groups in total. The number of hydrogen-bond acceptors (Lipinski definition) is 4. The van der Waals surface area contributed by atoms with E-state index >= 15 is 0 Å². The van der Waals surface area contributed by atoms with E-state index < -0.39 is 5.60 Å². The van der Waals surface area contributed by atoms with Crippen molar-refractivity contribution in [3.05, 3.63) is 53.1 Å². The predicted molar refractivity (Wildman–Crippen MR) is 120 cm³/mol. The van der Waals surface area contributed by atoms with E-state index in [4.69, 9.17) is 21.1 Å². The zero-order chi connectivity index (χ0) is 22.0. The van der Waals surface area contributed by atoms with Crippen molar-refractivity contribution in [1.82, 2.24) is 4.90 Å². The Labute approximate surface area is 187 Å². The van der Waals surface area contributed by atoms with Crippen LogP contribution in [0.5, 0.6) is 11.5 Å². The summed E-state index contributed by atoms with van der Waals surface area (Å²) in [6.45, 7) is 4.73. The van der Waals surface area contributed by atoms with Gasteiger partial charge in [0.25, 0.3) is 11.8 Å². The van der Waals surface area contributed by atoms with E-state index in [9.17, 15) is 9.59 Å². The molecule has 2 heterocycles. The summed E-state index contributed by atoms with van der Waals surface area (Å²) in [5, 5.41) is 3.47. The van der Waals surface area contributed by atoms with Gasteiger partial charge in [0.1, 0.15) is 11.5 Å². The average Bonchev–Trinajstić information content (AvgIpc) is 2.75. The van der Waals surface area contributed by atoms with E-state index in [1.54, 1.807) is 56.3 Å². The second-order valence-corrected chi connectivity index (χ2v) is 8.95. The highest BCUT2D eigenvalue weighted by molar-refractivity contribution is 6.30. The number of carbonyl (C=O) groups excluding carboxylic acids is 2. The average molecular weight is 443 g/mol. The van der Waals surface area contributed by atoms with Crippen LogP contribution in [0, 0.1) is 0 Å². The Morgan fingerprint density at radius 2 is 1.94 bits per heavy atom. The molecule has 1 fully saturated rings. The minimum atomic E-state index is -1.13. The summed E-state index contributed by atoms with van der Waals surface area (Å²) in [6.07, 6.45) is 4.02. The Balaban J connectivity index is 1.52. The van der Waals surface area contributed by atoms with Crippen molar-refractivity contribution in [3.63, 3.8) is 0 Å². The molecule has 4 rings (SSSR count). The topological polar surface area (TPSA) is 67.9 Å². The first-order valence-electron chi connectivity index (χ1n) is 10.7. The molecule has 6 nitrogen and oxygen atoms in total. The van der Waals surface area contributed by atoms with Gasteiger partial charge in [-0.05, 0) is 75.6 Å². The summed E-state index contributed by atoms with van der Waals surface area (Å²) in [5.74, 6) is 0.746. The summed E-state index contributed by atoms with van der Waals surface area (Å²) in [6, 6.07) is 12.3. The summed E-state index contributed by atoms with van der Waals surface area (Å²) < 4.78 is 11.7. The van der Waals surface area contributed by atoms with Gasteiger partial charge in [0.05, 0.1) is 12.2 Å². The molecule has 2 aliphatic heterocycles. The lowest BCUT2D eigenvalue weighted by atomic mass is 9.97. The smallest absolute Gasteiger partial charge is 0.267 e. The van der Waals surface area contributed by atoms with Gasteiger partial charge < -0.3 is 19.7 Å². The van der Waals surface area contributed by atoms with E-state index in [0.717, 1.165) is 32.2 Å². The number of nitrogens with zero attached hydrogens (tertiary/aromatic N) is 1. The van der Waals surface area contributed by atoms with Crippen LogP contribution in [-0.4, -0.2) is 41.5 Å². The zero-order valence-electron chi connectivity index (χ0n) is 17.8. The summed E-state index contributed by atoms with van der Waals surface area (Å²) in [4.78, 5) is 28.1. The maximum Gasteiger partial charge on any atom is 0.267 e. The van der Waals surface area contributed by atoms with Crippen LogP contribution in [-0.2, 0) is 4.79 Å². The molecule has 2 aliphatic rings. The SMILES string of the molecule is CC(C)(Oc1ccc(Cl)cc1)C(=O)Nc1ccc2c(c1)C(=O)N1CCCCC1CCO2. The predicted octanol–water partition coefficient (Wildman–Crippen LogP) is 4.91. The van der Waals surface area contributed by atoms with Crippen molar-refractivity contribution in [3.8, 4) is 11.5 Å². The van der Waals surface area contributed by atoms with E-state index in [1.807, 2.05) is 4.90 Å². The number of rotatable bonds is 4. The van der Waals surface area contributed by atoms with Crippen LogP contribution in [0.2, 0.25) is 5.02 Å². The first-order valence-corrected chi connectivity index (χ1v) is 11.1. The molecule has 0 radical (unpaired) electrons. The standard InChI is InChI=1S/C24H27ClN2O4/c1-24(2,31-19-9-6-16(25)7-10-19)23(29)26-17-8-11-21-20(15-17)22(28)27-13-4-3-5-18(27)12-14-30-21/h6-11,15,18H,3-5,12-14H2,1-2H3,(H,26,29). The normalized spacial score (nSPS) is 18.7. The lowest BCUT2D eigenvalue weighted by molar-refractivity contribution is -0.128. The molecule has 31 heavy (non-hydrogen) atoms. The molecule has 0 aliphatic carbocycles. The second kappa shape index (κ2) is 8.79. The number of nitrogens with one attached hydrogen (secondary N) is 1. The highest BCUT2D eigenvalue weighted by Crippen LogP contribution is 2.31. The Morgan fingerprint density at radius 1 is 1.16 bits per heavy atom.